The minimum atomic E-state index is 0.434. The lowest BCUT2D eigenvalue weighted by molar-refractivity contribution is 0.111. The maximum atomic E-state index is 10.8. The highest BCUT2D eigenvalue weighted by Crippen LogP contribution is 2.21. The summed E-state index contributed by atoms with van der Waals surface area (Å²) < 4.78 is 0. The lowest BCUT2D eigenvalue weighted by Crippen LogP contribution is -1.82. The number of aromatic nitrogens is 2. The fraction of sp³-hybridized carbons (Fsp3) is 0. The van der Waals surface area contributed by atoms with E-state index in [1.165, 1.54) is 0 Å². The van der Waals surface area contributed by atoms with Crippen LogP contribution in [0, 0.1) is 0 Å². The van der Waals surface area contributed by atoms with Crippen molar-refractivity contribution in [2.45, 2.75) is 0 Å². The van der Waals surface area contributed by atoms with E-state index in [2.05, 4.69) is 9.97 Å². The van der Waals surface area contributed by atoms with Crippen molar-refractivity contribution >= 4 is 28.1 Å². The Labute approximate surface area is 91.8 Å². The molecule has 0 aliphatic carbocycles. The first-order chi connectivity index (χ1) is 7.88. The van der Waals surface area contributed by atoms with Crippen LogP contribution in [0.25, 0.3) is 21.8 Å². The van der Waals surface area contributed by atoms with E-state index in [0.29, 0.717) is 5.69 Å². The smallest absolute Gasteiger partial charge is 0.168 e. The van der Waals surface area contributed by atoms with Gasteiger partial charge in [-0.25, -0.2) is 4.98 Å². The van der Waals surface area contributed by atoms with Crippen LogP contribution in [0.1, 0.15) is 10.5 Å². The highest BCUT2D eigenvalue weighted by atomic mass is 16.1. The SMILES string of the molecule is O=Cc1cccc2ccc3nccc3c2n1. The summed E-state index contributed by atoms with van der Waals surface area (Å²) in [6.07, 6.45) is 2.51. The quantitative estimate of drug-likeness (QED) is 0.577. The number of hydrogen-bond donors (Lipinski definition) is 0. The normalized spacial score (nSPS) is 10.8. The molecule has 3 aromatic rings. The van der Waals surface area contributed by atoms with Gasteiger partial charge in [0.15, 0.2) is 6.29 Å². The molecule has 0 unspecified atom stereocenters. The third-order valence-electron chi connectivity index (χ3n) is 2.58. The van der Waals surface area contributed by atoms with Gasteiger partial charge in [0.05, 0.1) is 11.0 Å². The Hall–Kier alpha value is -2.29. The summed E-state index contributed by atoms with van der Waals surface area (Å²) in [5, 5.41) is 1.99. The molecule has 2 heterocycles. The van der Waals surface area contributed by atoms with Crippen LogP contribution in [0.2, 0.25) is 0 Å². The van der Waals surface area contributed by atoms with Crippen LogP contribution in [0.4, 0.5) is 0 Å². The Morgan fingerprint density at radius 3 is 2.88 bits per heavy atom. The molecule has 0 atom stereocenters. The van der Waals surface area contributed by atoms with E-state index < -0.39 is 0 Å². The predicted molar refractivity (Wildman–Crippen MR) is 62.4 cm³/mol. The Kier molecular flexibility index (Phi) is 1.90. The van der Waals surface area contributed by atoms with Crippen LogP contribution in [-0.4, -0.2) is 16.3 Å². The second kappa shape index (κ2) is 3.38. The fourth-order valence-corrected chi connectivity index (χ4v) is 1.82. The number of hydrogen-bond acceptors (Lipinski definition) is 3. The standard InChI is InChI=1S/C13H8N2O/c16-8-10-3-1-2-9-4-5-12-11(6-7-14-12)13(9)15-10/h1-8H. The lowest BCUT2D eigenvalue weighted by atomic mass is 10.2. The van der Waals surface area contributed by atoms with E-state index in [1.807, 2.05) is 30.3 Å². The summed E-state index contributed by atoms with van der Waals surface area (Å²) in [5.41, 5.74) is 2.16. The molecule has 0 bridgehead atoms. The number of rotatable bonds is 1. The number of carbonyl (C=O) groups excluding carboxylic acids is 1. The maximum absolute atomic E-state index is 10.8. The van der Waals surface area contributed by atoms with E-state index in [-0.39, 0.29) is 0 Å². The zero-order valence-electron chi connectivity index (χ0n) is 8.42. The van der Waals surface area contributed by atoms with Crippen LogP contribution < -0.4 is 0 Å². The summed E-state index contributed by atoms with van der Waals surface area (Å²) in [4.78, 5) is 19.4. The molecule has 0 aliphatic rings. The van der Waals surface area contributed by atoms with E-state index in [4.69, 9.17) is 0 Å². The van der Waals surface area contributed by atoms with Crippen LogP contribution >= 0.6 is 0 Å². The van der Waals surface area contributed by atoms with Gasteiger partial charge < -0.3 is 0 Å². The zero-order chi connectivity index (χ0) is 11.0. The minimum absolute atomic E-state index is 0.434. The van der Waals surface area contributed by atoms with Crippen molar-refractivity contribution < 1.29 is 4.79 Å². The van der Waals surface area contributed by atoms with E-state index in [0.717, 1.165) is 28.1 Å². The zero-order valence-corrected chi connectivity index (χ0v) is 8.42. The van der Waals surface area contributed by atoms with E-state index >= 15 is 0 Å². The van der Waals surface area contributed by atoms with Crippen LogP contribution in [0.3, 0.4) is 0 Å². The highest BCUT2D eigenvalue weighted by molar-refractivity contribution is 6.04. The van der Waals surface area contributed by atoms with Gasteiger partial charge in [-0.3, -0.25) is 9.78 Å². The summed E-state index contributed by atoms with van der Waals surface area (Å²) in [5.74, 6) is 0. The molecule has 3 heteroatoms. The first kappa shape index (κ1) is 8.97. The summed E-state index contributed by atoms with van der Waals surface area (Å²) in [6.45, 7) is 0. The first-order valence-corrected chi connectivity index (χ1v) is 4.98. The molecule has 0 spiro atoms. The molecule has 1 aromatic carbocycles. The van der Waals surface area contributed by atoms with Gasteiger partial charge in [-0.05, 0) is 18.2 Å². The van der Waals surface area contributed by atoms with Crippen LogP contribution in [-0.2, 0) is 0 Å². The Morgan fingerprint density at radius 2 is 2.00 bits per heavy atom. The third-order valence-corrected chi connectivity index (χ3v) is 2.58. The van der Waals surface area contributed by atoms with Crippen molar-refractivity contribution in [3.05, 3.63) is 48.3 Å². The molecular formula is C13H8N2O. The number of nitrogens with zero attached hydrogens (tertiary/aromatic N) is 2. The summed E-state index contributed by atoms with van der Waals surface area (Å²) in [6, 6.07) is 11.3. The average Bonchev–Trinajstić information content (AvgIpc) is 2.68. The molecule has 0 radical (unpaired) electrons. The summed E-state index contributed by atoms with van der Waals surface area (Å²) >= 11 is 0. The predicted octanol–water partition coefficient (Wildman–Crippen LogP) is 2.60. The average molecular weight is 208 g/mol. The van der Waals surface area contributed by atoms with Gasteiger partial charge in [-0.2, -0.15) is 0 Å². The van der Waals surface area contributed by atoms with Crippen molar-refractivity contribution in [1.82, 2.24) is 9.97 Å². The van der Waals surface area contributed by atoms with Crippen molar-refractivity contribution in [2.75, 3.05) is 0 Å². The molecule has 0 saturated heterocycles. The van der Waals surface area contributed by atoms with Gasteiger partial charge in [0.2, 0.25) is 0 Å². The van der Waals surface area contributed by atoms with E-state index in [1.54, 1.807) is 12.3 Å². The molecule has 0 N–H and O–H groups in total. The Morgan fingerprint density at radius 1 is 1.06 bits per heavy atom. The third kappa shape index (κ3) is 1.26. The molecule has 0 aliphatic heterocycles. The minimum Gasteiger partial charge on any atom is -0.296 e. The van der Waals surface area contributed by atoms with Gasteiger partial charge in [-0.1, -0.05) is 18.2 Å². The number of benzene rings is 1. The first-order valence-electron chi connectivity index (χ1n) is 4.98. The molecule has 16 heavy (non-hydrogen) atoms. The molecule has 2 aromatic heterocycles. The largest absolute Gasteiger partial charge is 0.296 e. The molecule has 0 amide bonds. The number of carbonyl (C=O) groups is 1. The maximum Gasteiger partial charge on any atom is 0.168 e. The Balaban J connectivity index is 2.57. The van der Waals surface area contributed by atoms with Gasteiger partial charge in [0.1, 0.15) is 5.69 Å². The van der Waals surface area contributed by atoms with Gasteiger partial charge in [0.25, 0.3) is 0 Å². The topological polar surface area (TPSA) is 42.9 Å². The summed E-state index contributed by atoms with van der Waals surface area (Å²) in [7, 11) is 0. The molecule has 0 fully saturated rings. The molecule has 76 valence electrons. The molecular weight excluding hydrogens is 200 g/mol. The van der Waals surface area contributed by atoms with Gasteiger partial charge in [-0.15, -0.1) is 0 Å². The van der Waals surface area contributed by atoms with E-state index in [9.17, 15) is 4.79 Å². The molecule has 3 rings (SSSR count). The van der Waals surface area contributed by atoms with Crippen molar-refractivity contribution in [1.29, 1.82) is 0 Å². The number of fused-ring (bicyclic) bond motifs is 3. The van der Waals surface area contributed by atoms with Gasteiger partial charge in [0, 0.05) is 17.0 Å². The lowest BCUT2D eigenvalue weighted by Gasteiger charge is -1.93. The second-order valence-electron chi connectivity index (χ2n) is 3.56. The highest BCUT2D eigenvalue weighted by Gasteiger charge is 2.02. The van der Waals surface area contributed by atoms with Crippen LogP contribution in [0.15, 0.2) is 42.6 Å². The van der Waals surface area contributed by atoms with Crippen molar-refractivity contribution in [3.63, 3.8) is 0 Å². The monoisotopic (exact) mass is 208 g/mol. The van der Waals surface area contributed by atoms with Gasteiger partial charge >= 0.3 is 0 Å². The Bertz CT molecular complexity index is 692. The fourth-order valence-electron chi connectivity index (χ4n) is 1.82. The second-order valence-corrected chi connectivity index (χ2v) is 3.56. The number of aldehydes is 1. The van der Waals surface area contributed by atoms with Crippen LogP contribution in [0.5, 0.6) is 0 Å². The molecule has 3 nitrogen and oxygen atoms in total. The van der Waals surface area contributed by atoms with Crippen molar-refractivity contribution in [3.8, 4) is 0 Å². The molecule has 0 saturated carbocycles. The van der Waals surface area contributed by atoms with Crippen molar-refractivity contribution in [2.24, 2.45) is 0 Å².